The quantitative estimate of drug-likeness (QED) is 0.287. The monoisotopic (exact) mass is 501 g/mol. The van der Waals surface area contributed by atoms with Crippen LogP contribution >= 0.6 is 16.3 Å². The Bertz CT molecular complexity index is 972. The van der Waals surface area contributed by atoms with Crippen molar-refractivity contribution in [3.05, 3.63) is 71.6 Å². The fourth-order valence-corrected chi connectivity index (χ4v) is 3.59. The number of rotatable bonds is 12. The second-order valence-electron chi connectivity index (χ2n) is 7.34. The third-order valence-corrected chi connectivity index (χ3v) is 5.44. The Labute approximate surface area is 197 Å². The predicted octanol–water partition coefficient (Wildman–Crippen LogP) is 6.37. The van der Waals surface area contributed by atoms with Gasteiger partial charge >= 0.3 is 5.97 Å². The van der Waals surface area contributed by atoms with Crippen molar-refractivity contribution in [1.82, 2.24) is 4.98 Å². The largest absolute Gasteiger partial charge is 0.493 e. The molecule has 0 fully saturated rings. The number of aryl methyl sites for hydroxylation is 1. The highest BCUT2D eigenvalue weighted by Crippen LogP contribution is 2.26. The van der Waals surface area contributed by atoms with Gasteiger partial charge in [0.05, 0.1) is 18.4 Å². The van der Waals surface area contributed by atoms with Crippen LogP contribution in [0.15, 0.2) is 59.0 Å². The van der Waals surface area contributed by atoms with E-state index in [0.29, 0.717) is 38.4 Å². The van der Waals surface area contributed by atoms with Crippen molar-refractivity contribution in [2.75, 3.05) is 13.2 Å². The van der Waals surface area contributed by atoms with Crippen molar-refractivity contribution >= 4 is 22.2 Å². The highest BCUT2D eigenvalue weighted by atomic mass is 79.9. The topological polar surface area (TPSA) is 70.8 Å². The van der Waals surface area contributed by atoms with Crippen LogP contribution in [0, 0.1) is 6.92 Å². The zero-order valence-corrected chi connectivity index (χ0v) is 20.0. The van der Waals surface area contributed by atoms with Crippen LogP contribution in [-0.2, 0) is 19.8 Å². The Morgan fingerprint density at radius 1 is 1.12 bits per heavy atom. The molecule has 0 aliphatic heterocycles. The van der Waals surface area contributed by atoms with E-state index >= 15 is 0 Å². The maximum absolute atomic E-state index is 11.3. The van der Waals surface area contributed by atoms with Crippen LogP contribution in [0.3, 0.4) is 0 Å². The number of carbonyl (C=O) groups is 1. The molecule has 0 radical (unpaired) electrons. The van der Waals surface area contributed by atoms with Crippen molar-refractivity contribution < 1.29 is 22.5 Å². The summed E-state index contributed by atoms with van der Waals surface area (Å²) >= 11 is 2.71. The van der Waals surface area contributed by atoms with Crippen molar-refractivity contribution in [3.63, 3.8) is 0 Å². The molecule has 0 spiro atoms. The van der Waals surface area contributed by atoms with E-state index in [9.17, 15) is 4.79 Å². The van der Waals surface area contributed by atoms with Gasteiger partial charge in [-0.15, -0.1) is 0 Å². The first-order valence-corrected chi connectivity index (χ1v) is 11.4. The molecule has 0 saturated heterocycles. The maximum atomic E-state index is 11.3. The lowest BCUT2D eigenvalue weighted by Crippen LogP contribution is -2.07. The standard InChI is InChI=1S/C25H28BrNO5/c1-3-29-23(10-7-11-24(28)32-26)19-12-14-21(15-13-19)30-17-16-22-18(2)31-25(27-22)20-8-5-4-6-9-20/h4-6,8-9,12-15,23H,3,7,10-11,16-17H2,1-2H3. The summed E-state index contributed by atoms with van der Waals surface area (Å²) in [5.74, 6) is 1.96. The summed E-state index contributed by atoms with van der Waals surface area (Å²) in [7, 11) is 0. The van der Waals surface area contributed by atoms with E-state index in [-0.39, 0.29) is 12.1 Å². The van der Waals surface area contributed by atoms with Crippen LogP contribution in [0.2, 0.25) is 0 Å². The Morgan fingerprint density at radius 3 is 2.56 bits per heavy atom. The minimum Gasteiger partial charge on any atom is -0.493 e. The Kier molecular flexibility index (Phi) is 9.31. The molecule has 0 bridgehead atoms. The lowest BCUT2D eigenvalue weighted by molar-refractivity contribution is -0.132. The van der Waals surface area contributed by atoms with E-state index in [4.69, 9.17) is 13.9 Å². The summed E-state index contributed by atoms with van der Waals surface area (Å²) in [5, 5.41) is 0. The fourth-order valence-electron chi connectivity index (χ4n) is 3.43. The summed E-state index contributed by atoms with van der Waals surface area (Å²) < 4.78 is 22.1. The van der Waals surface area contributed by atoms with Crippen molar-refractivity contribution in [2.24, 2.45) is 0 Å². The molecule has 170 valence electrons. The average Bonchev–Trinajstić information content (AvgIpc) is 3.20. The highest BCUT2D eigenvalue weighted by Gasteiger charge is 2.14. The maximum Gasteiger partial charge on any atom is 0.317 e. The summed E-state index contributed by atoms with van der Waals surface area (Å²) in [4.78, 5) is 15.9. The van der Waals surface area contributed by atoms with Gasteiger partial charge in [0, 0.05) is 25.0 Å². The molecule has 0 amide bonds. The average molecular weight is 502 g/mol. The number of ether oxygens (including phenoxy) is 2. The third kappa shape index (κ3) is 6.93. The molecule has 3 rings (SSSR count). The zero-order valence-electron chi connectivity index (χ0n) is 18.4. The van der Waals surface area contributed by atoms with Gasteiger partial charge < -0.3 is 17.7 Å². The molecule has 1 atom stereocenters. The van der Waals surface area contributed by atoms with E-state index in [1.165, 1.54) is 0 Å². The van der Waals surface area contributed by atoms with Crippen LogP contribution in [0.25, 0.3) is 11.5 Å². The molecular weight excluding hydrogens is 474 g/mol. The number of aromatic nitrogens is 1. The third-order valence-electron chi connectivity index (χ3n) is 5.07. The molecule has 1 unspecified atom stereocenters. The number of benzene rings is 2. The fraction of sp³-hybridized carbons (Fsp3) is 0.360. The van der Waals surface area contributed by atoms with Gasteiger partial charge in [0.15, 0.2) is 16.3 Å². The first kappa shape index (κ1) is 24.0. The van der Waals surface area contributed by atoms with Gasteiger partial charge in [-0.3, -0.25) is 4.79 Å². The number of oxazole rings is 1. The first-order chi connectivity index (χ1) is 15.6. The molecule has 0 aliphatic rings. The summed E-state index contributed by atoms with van der Waals surface area (Å²) in [6.45, 7) is 5.00. The van der Waals surface area contributed by atoms with Gasteiger partial charge in [-0.05, 0) is 56.5 Å². The van der Waals surface area contributed by atoms with Crippen molar-refractivity contribution in [2.45, 2.75) is 45.6 Å². The van der Waals surface area contributed by atoms with Crippen LogP contribution in [0.5, 0.6) is 5.75 Å². The summed E-state index contributed by atoms with van der Waals surface area (Å²) in [6, 6.07) is 17.8. The molecule has 1 aromatic heterocycles. The number of hydrogen-bond acceptors (Lipinski definition) is 6. The minimum absolute atomic E-state index is 0.0636. The Morgan fingerprint density at radius 2 is 1.88 bits per heavy atom. The van der Waals surface area contributed by atoms with Crippen LogP contribution in [0.4, 0.5) is 0 Å². The first-order valence-electron chi connectivity index (χ1n) is 10.8. The van der Waals surface area contributed by atoms with E-state index in [2.05, 4.69) is 25.1 Å². The zero-order chi connectivity index (χ0) is 22.8. The second kappa shape index (κ2) is 12.4. The normalized spacial score (nSPS) is 11.8. The summed E-state index contributed by atoms with van der Waals surface area (Å²) in [6.07, 6.45) is 2.38. The molecule has 3 aromatic rings. The molecular formula is C25H28BrNO5. The number of halogens is 1. The minimum atomic E-state index is -0.276. The lowest BCUT2D eigenvalue weighted by Gasteiger charge is -2.17. The van der Waals surface area contributed by atoms with Crippen LogP contribution < -0.4 is 4.74 Å². The van der Waals surface area contributed by atoms with Gasteiger partial charge in [-0.2, -0.15) is 0 Å². The van der Waals surface area contributed by atoms with Gasteiger partial charge in [-0.25, -0.2) is 4.98 Å². The Hall–Kier alpha value is -2.64. The highest BCUT2D eigenvalue weighted by molar-refractivity contribution is 9.06. The molecule has 0 saturated carbocycles. The van der Waals surface area contributed by atoms with E-state index in [1.807, 2.05) is 68.4 Å². The van der Waals surface area contributed by atoms with E-state index < -0.39 is 0 Å². The van der Waals surface area contributed by atoms with E-state index in [1.54, 1.807) is 0 Å². The van der Waals surface area contributed by atoms with Crippen LogP contribution in [-0.4, -0.2) is 24.2 Å². The second-order valence-corrected chi connectivity index (χ2v) is 7.66. The van der Waals surface area contributed by atoms with Gasteiger partial charge in [0.25, 0.3) is 0 Å². The molecule has 32 heavy (non-hydrogen) atoms. The molecule has 2 aromatic carbocycles. The van der Waals surface area contributed by atoms with Gasteiger partial charge in [0.1, 0.15) is 11.5 Å². The lowest BCUT2D eigenvalue weighted by atomic mass is 10.0. The molecule has 0 N–H and O–H groups in total. The number of nitrogens with zero attached hydrogens (tertiary/aromatic N) is 1. The summed E-state index contributed by atoms with van der Waals surface area (Å²) in [5.41, 5.74) is 2.93. The molecule has 7 heteroatoms. The van der Waals surface area contributed by atoms with Gasteiger partial charge in [0.2, 0.25) is 5.89 Å². The Balaban J connectivity index is 1.52. The smallest absolute Gasteiger partial charge is 0.317 e. The van der Waals surface area contributed by atoms with E-state index in [0.717, 1.165) is 34.8 Å². The predicted molar refractivity (Wildman–Crippen MR) is 126 cm³/mol. The van der Waals surface area contributed by atoms with Crippen molar-refractivity contribution in [3.8, 4) is 17.2 Å². The van der Waals surface area contributed by atoms with Crippen LogP contribution in [0.1, 0.15) is 49.3 Å². The van der Waals surface area contributed by atoms with Gasteiger partial charge in [-0.1, -0.05) is 30.3 Å². The number of hydrogen-bond donors (Lipinski definition) is 0. The molecule has 1 heterocycles. The van der Waals surface area contributed by atoms with Crippen molar-refractivity contribution in [1.29, 1.82) is 0 Å². The molecule has 6 nitrogen and oxygen atoms in total. The number of carbonyl (C=O) groups excluding carboxylic acids is 1. The molecule has 0 aliphatic carbocycles. The SMILES string of the molecule is CCOC(CCCC(=O)OBr)c1ccc(OCCc2nc(-c3ccccc3)oc2C)cc1.